The van der Waals surface area contributed by atoms with Crippen LogP contribution in [0.15, 0.2) is 66.4 Å². The van der Waals surface area contributed by atoms with Gasteiger partial charge in [-0.05, 0) is 65.7 Å². The van der Waals surface area contributed by atoms with E-state index in [0.29, 0.717) is 32.1 Å². The summed E-state index contributed by atoms with van der Waals surface area (Å²) in [6.45, 7) is 3.72. The lowest BCUT2D eigenvalue weighted by molar-refractivity contribution is -0.139. The van der Waals surface area contributed by atoms with Gasteiger partial charge in [0, 0.05) is 10.0 Å². The van der Waals surface area contributed by atoms with Crippen LogP contribution in [0.25, 0.3) is 6.08 Å². The molecule has 1 atom stereocenters. The molecule has 0 aliphatic carbocycles. The first kappa shape index (κ1) is 25.4. The van der Waals surface area contributed by atoms with Gasteiger partial charge in [-0.2, -0.15) is 0 Å². The number of methoxy groups -OCH3 is 2. The van der Waals surface area contributed by atoms with E-state index in [2.05, 4.69) is 36.9 Å². The monoisotopic (exact) mass is 620 g/mol. The molecule has 0 radical (unpaired) electrons. The van der Waals surface area contributed by atoms with Crippen LogP contribution in [0.4, 0.5) is 0 Å². The SMILES string of the molecule is CCOC(=O)C1=C(C)N=c2s/c(=C\c3cc(Br)cc(Br)c3OC)c(=O)n2[C@@H]1c1ccc(OC)cc1. The molecule has 0 amide bonds. The molecule has 1 aliphatic rings. The van der Waals surface area contributed by atoms with E-state index in [1.807, 2.05) is 24.3 Å². The molecule has 182 valence electrons. The number of hydrogen-bond acceptors (Lipinski definition) is 7. The van der Waals surface area contributed by atoms with Crippen molar-refractivity contribution in [2.75, 3.05) is 20.8 Å². The molecule has 0 saturated carbocycles. The Morgan fingerprint density at radius 3 is 2.51 bits per heavy atom. The van der Waals surface area contributed by atoms with Crippen molar-refractivity contribution in [1.82, 2.24) is 4.57 Å². The van der Waals surface area contributed by atoms with Gasteiger partial charge >= 0.3 is 5.97 Å². The van der Waals surface area contributed by atoms with Crippen molar-refractivity contribution in [3.8, 4) is 11.5 Å². The summed E-state index contributed by atoms with van der Waals surface area (Å²) in [5.74, 6) is 0.780. The number of rotatable bonds is 6. The molecule has 10 heteroatoms. The van der Waals surface area contributed by atoms with Crippen molar-refractivity contribution in [1.29, 1.82) is 0 Å². The first-order valence-corrected chi connectivity index (χ1v) is 13.1. The van der Waals surface area contributed by atoms with Crippen LogP contribution in [0.3, 0.4) is 0 Å². The van der Waals surface area contributed by atoms with Crippen LogP contribution in [0.5, 0.6) is 11.5 Å². The molecule has 4 rings (SSSR count). The van der Waals surface area contributed by atoms with Gasteiger partial charge in [-0.25, -0.2) is 9.79 Å². The van der Waals surface area contributed by atoms with Gasteiger partial charge in [0.15, 0.2) is 4.80 Å². The maximum atomic E-state index is 13.7. The Morgan fingerprint density at radius 1 is 1.17 bits per heavy atom. The summed E-state index contributed by atoms with van der Waals surface area (Å²) in [5, 5.41) is 0. The lowest BCUT2D eigenvalue weighted by atomic mass is 9.96. The lowest BCUT2D eigenvalue weighted by Crippen LogP contribution is -2.39. The molecule has 1 aromatic heterocycles. The Morgan fingerprint density at radius 2 is 1.89 bits per heavy atom. The van der Waals surface area contributed by atoms with E-state index in [9.17, 15) is 9.59 Å². The molecule has 0 unspecified atom stereocenters. The average Bonchev–Trinajstić information content (AvgIpc) is 3.12. The highest BCUT2D eigenvalue weighted by Gasteiger charge is 2.33. The minimum Gasteiger partial charge on any atom is -0.497 e. The molecule has 7 nitrogen and oxygen atoms in total. The zero-order chi connectivity index (χ0) is 25.3. The molecule has 0 saturated heterocycles. The lowest BCUT2D eigenvalue weighted by Gasteiger charge is -2.24. The second kappa shape index (κ2) is 10.5. The van der Waals surface area contributed by atoms with Crippen LogP contribution in [0, 0.1) is 0 Å². The first-order valence-electron chi connectivity index (χ1n) is 10.7. The zero-order valence-corrected chi connectivity index (χ0v) is 23.4. The van der Waals surface area contributed by atoms with E-state index in [-0.39, 0.29) is 12.2 Å². The Hall–Kier alpha value is -2.69. The highest BCUT2D eigenvalue weighted by molar-refractivity contribution is 9.11. The Labute approximate surface area is 222 Å². The summed E-state index contributed by atoms with van der Waals surface area (Å²) in [6, 6.07) is 10.3. The topological polar surface area (TPSA) is 79.1 Å². The van der Waals surface area contributed by atoms with Crippen molar-refractivity contribution in [2.24, 2.45) is 4.99 Å². The molecular formula is C25H22Br2N2O5S. The van der Waals surface area contributed by atoms with Crippen LogP contribution in [0.1, 0.15) is 31.0 Å². The number of aromatic nitrogens is 1. The number of halogens is 2. The maximum absolute atomic E-state index is 13.7. The number of ether oxygens (including phenoxy) is 3. The molecule has 2 heterocycles. The molecule has 0 fully saturated rings. The van der Waals surface area contributed by atoms with Crippen molar-refractivity contribution < 1.29 is 19.0 Å². The van der Waals surface area contributed by atoms with Gasteiger partial charge < -0.3 is 14.2 Å². The molecule has 1 aliphatic heterocycles. The minimum atomic E-state index is -0.686. The van der Waals surface area contributed by atoms with Crippen molar-refractivity contribution in [2.45, 2.75) is 19.9 Å². The molecule has 0 N–H and O–H groups in total. The second-order valence-electron chi connectivity index (χ2n) is 7.59. The number of allylic oxidation sites excluding steroid dienone is 1. The van der Waals surface area contributed by atoms with Crippen LogP contribution < -0.4 is 24.4 Å². The molecule has 2 aromatic carbocycles. The van der Waals surface area contributed by atoms with Gasteiger partial charge in [-0.15, -0.1) is 0 Å². The molecule has 0 bridgehead atoms. The van der Waals surface area contributed by atoms with E-state index >= 15 is 0 Å². The third kappa shape index (κ3) is 4.87. The number of benzene rings is 2. The van der Waals surface area contributed by atoms with Gasteiger partial charge in [-0.3, -0.25) is 9.36 Å². The predicted molar refractivity (Wildman–Crippen MR) is 142 cm³/mol. The normalized spacial score (nSPS) is 15.5. The van der Waals surface area contributed by atoms with Crippen molar-refractivity contribution >= 4 is 55.2 Å². The van der Waals surface area contributed by atoms with Crippen molar-refractivity contribution in [3.63, 3.8) is 0 Å². The third-order valence-corrected chi connectivity index (χ3v) is 7.51. The fourth-order valence-corrected chi connectivity index (χ4v) is 6.39. The third-order valence-electron chi connectivity index (χ3n) is 5.48. The Balaban J connectivity index is 1.97. The average molecular weight is 622 g/mol. The van der Waals surface area contributed by atoms with Gasteiger partial charge in [0.2, 0.25) is 0 Å². The van der Waals surface area contributed by atoms with Crippen LogP contribution in [-0.4, -0.2) is 31.4 Å². The predicted octanol–water partition coefficient (Wildman–Crippen LogP) is 4.34. The Bertz CT molecular complexity index is 1510. The minimum absolute atomic E-state index is 0.215. The zero-order valence-electron chi connectivity index (χ0n) is 19.4. The summed E-state index contributed by atoms with van der Waals surface area (Å²) in [7, 11) is 3.16. The summed E-state index contributed by atoms with van der Waals surface area (Å²) >= 11 is 8.25. The number of fused-ring (bicyclic) bond motifs is 1. The molecular weight excluding hydrogens is 600 g/mol. The van der Waals surface area contributed by atoms with Crippen LogP contribution in [-0.2, 0) is 9.53 Å². The van der Waals surface area contributed by atoms with E-state index in [1.165, 1.54) is 11.3 Å². The standard InChI is InChI=1S/C25H22Br2N2O5S/c1-5-34-24(31)20-13(2)28-25-29(21(20)14-6-8-17(32-3)9-7-14)23(30)19(35-25)11-15-10-16(26)12-18(27)22(15)33-4/h6-12,21H,5H2,1-4H3/b19-11-/t21-/m1/s1. The summed E-state index contributed by atoms with van der Waals surface area (Å²) < 4.78 is 19.8. The number of hydrogen-bond donors (Lipinski definition) is 0. The number of carbonyl (C=O) groups is 1. The fourth-order valence-electron chi connectivity index (χ4n) is 3.94. The second-order valence-corrected chi connectivity index (χ2v) is 10.4. The summed E-state index contributed by atoms with van der Waals surface area (Å²) in [6.07, 6.45) is 1.77. The van der Waals surface area contributed by atoms with E-state index in [4.69, 9.17) is 14.2 Å². The highest BCUT2D eigenvalue weighted by Crippen LogP contribution is 2.34. The number of nitrogens with zero attached hydrogens (tertiary/aromatic N) is 2. The van der Waals surface area contributed by atoms with E-state index < -0.39 is 12.0 Å². The number of esters is 1. The van der Waals surface area contributed by atoms with Gasteiger partial charge in [-0.1, -0.05) is 39.4 Å². The first-order chi connectivity index (χ1) is 16.8. The largest absolute Gasteiger partial charge is 0.497 e. The van der Waals surface area contributed by atoms with Crippen molar-refractivity contribution in [3.05, 3.63) is 87.4 Å². The Kier molecular flexibility index (Phi) is 7.63. The van der Waals surface area contributed by atoms with Crippen LogP contribution >= 0.6 is 43.2 Å². The quantitative estimate of drug-likeness (QED) is 0.383. The van der Waals surface area contributed by atoms with Gasteiger partial charge in [0.1, 0.15) is 11.5 Å². The number of thiazole rings is 1. The highest BCUT2D eigenvalue weighted by atomic mass is 79.9. The smallest absolute Gasteiger partial charge is 0.338 e. The summed E-state index contributed by atoms with van der Waals surface area (Å²) in [5.41, 5.74) is 2.06. The van der Waals surface area contributed by atoms with E-state index in [0.717, 1.165) is 20.1 Å². The fraction of sp³-hybridized carbons (Fsp3) is 0.240. The van der Waals surface area contributed by atoms with Gasteiger partial charge in [0.25, 0.3) is 5.56 Å². The summed E-state index contributed by atoms with van der Waals surface area (Å²) in [4.78, 5) is 31.8. The maximum Gasteiger partial charge on any atom is 0.338 e. The molecule has 0 spiro atoms. The van der Waals surface area contributed by atoms with Gasteiger partial charge in [0.05, 0.1) is 47.1 Å². The van der Waals surface area contributed by atoms with Crippen LogP contribution in [0.2, 0.25) is 0 Å². The van der Waals surface area contributed by atoms with E-state index in [1.54, 1.807) is 50.8 Å². The number of carbonyl (C=O) groups excluding carboxylic acids is 1. The molecule has 3 aromatic rings. The molecule has 35 heavy (non-hydrogen) atoms.